The fourth-order valence-electron chi connectivity index (χ4n) is 2.15. The monoisotopic (exact) mass is 265 g/mol. The third-order valence-electron chi connectivity index (χ3n) is 3.25. The van der Waals surface area contributed by atoms with E-state index >= 15 is 0 Å². The number of rotatable bonds is 5. The Balaban J connectivity index is 1.86. The fourth-order valence-corrected chi connectivity index (χ4v) is 2.15. The average Bonchev–Trinajstić information content (AvgIpc) is 3.05. The number of nitrogens with one attached hydrogen (secondary N) is 2. The van der Waals surface area contributed by atoms with Crippen LogP contribution in [0.1, 0.15) is 32.4 Å². The van der Waals surface area contributed by atoms with Crippen molar-refractivity contribution in [3.05, 3.63) is 24.2 Å². The van der Waals surface area contributed by atoms with Crippen LogP contribution in [0.2, 0.25) is 0 Å². The normalized spacial score (nSPS) is 23.6. The summed E-state index contributed by atoms with van der Waals surface area (Å²) in [4.78, 5) is 4.49. The molecule has 2 N–H and O–H groups in total. The zero-order valence-electron chi connectivity index (χ0n) is 11.7. The van der Waals surface area contributed by atoms with Crippen LogP contribution in [-0.2, 0) is 11.3 Å². The van der Waals surface area contributed by atoms with Crippen molar-refractivity contribution in [3.63, 3.8) is 0 Å². The highest BCUT2D eigenvalue weighted by Gasteiger charge is 2.29. The largest absolute Gasteiger partial charge is 0.467 e. The van der Waals surface area contributed by atoms with Gasteiger partial charge in [0.15, 0.2) is 5.96 Å². The smallest absolute Gasteiger partial charge is 0.191 e. The van der Waals surface area contributed by atoms with Crippen LogP contribution in [0.5, 0.6) is 0 Å². The standard InChI is InChI=1S/C14H23N3O2/c1-3-15-13(16-10-12-6-4-8-18-12)17-11-14(2)7-5-9-19-14/h4,6,8H,3,5,7,9-11H2,1-2H3,(H2,15,16,17). The summed E-state index contributed by atoms with van der Waals surface area (Å²) in [7, 11) is 0. The quantitative estimate of drug-likeness (QED) is 0.630. The van der Waals surface area contributed by atoms with Crippen LogP contribution in [0, 0.1) is 0 Å². The predicted molar refractivity (Wildman–Crippen MR) is 75.1 cm³/mol. The topological polar surface area (TPSA) is 58.8 Å². The lowest BCUT2D eigenvalue weighted by molar-refractivity contribution is 0.0243. The van der Waals surface area contributed by atoms with E-state index in [2.05, 4.69) is 29.5 Å². The van der Waals surface area contributed by atoms with Gasteiger partial charge in [0, 0.05) is 19.7 Å². The summed E-state index contributed by atoms with van der Waals surface area (Å²) < 4.78 is 11.0. The highest BCUT2D eigenvalue weighted by Crippen LogP contribution is 2.23. The van der Waals surface area contributed by atoms with Gasteiger partial charge in [-0.15, -0.1) is 0 Å². The van der Waals surface area contributed by atoms with Crippen molar-refractivity contribution >= 4 is 5.96 Å². The first kappa shape index (κ1) is 13.9. The molecule has 1 fully saturated rings. The van der Waals surface area contributed by atoms with Crippen molar-refractivity contribution in [3.8, 4) is 0 Å². The van der Waals surface area contributed by atoms with E-state index in [-0.39, 0.29) is 5.60 Å². The lowest BCUT2D eigenvalue weighted by atomic mass is 10.0. The molecular formula is C14H23N3O2. The van der Waals surface area contributed by atoms with Crippen LogP contribution < -0.4 is 10.6 Å². The minimum Gasteiger partial charge on any atom is -0.467 e. The average molecular weight is 265 g/mol. The number of guanidine groups is 1. The summed E-state index contributed by atoms with van der Waals surface area (Å²) in [5.74, 6) is 1.66. The van der Waals surface area contributed by atoms with E-state index in [0.717, 1.165) is 44.3 Å². The summed E-state index contributed by atoms with van der Waals surface area (Å²) in [6.07, 6.45) is 3.90. The molecule has 0 radical (unpaired) electrons. The summed E-state index contributed by atoms with van der Waals surface area (Å²) >= 11 is 0. The van der Waals surface area contributed by atoms with Crippen molar-refractivity contribution < 1.29 is 9.15 Å². The molecule has 1 aliphatic heterocycles. The van der Waals surface area contributed by atoms with Gasteiger partial charge in [-0.3, -0.25) is 0 Å². The van der Waals surface area contributed by atoms with E-state index < -0.39 is 0 Å². The van der Waals surface area contributed by atoms with Gasteiger partial charge in [0.1, 0.15) is 12.3 Å². The molecule has 0 aromatic carbocycles. The van der Waals surface area contributed by atoms with Gasteiger partial charge in [-0.05, 0) is 38.8 Å². The molecule has 106 valence electrons. The molecule has 1 unspecified atom stereocenters. The number of hydrogen-bond donors (Lipinski definition) is 2. The molecule has 2 heterocycles. The Hall–Kier alpha value is -1.49. The molecule has 1 atom stereocenters. The number of hydrogen-bond acceptors (Lipinski definition) is 3. The highest BCUT2D eigenvalue weighted by molar-refractivity contribution is 5.79. The van der Waals surface area contributed by atoms with Gasteiger partial charge in [-0.2, -0.15) is 0 Å². The maximum atomic E-state index is 5.76. The summed E-state index contributed by atoms with van der Waals surface area (Å²) in [6.45, 7) is 7.21. The lowest BCUT2D eigenvalue weighted by Gasteiger charge is -2.24. The molecule has 2 rings (SSSR count). The van der Waals surface area contributed by atoms with E-state index in [9.17, 15) is 0 Å². The molecule has 5 heteroatoms. The maximum Gasteiger partial charge on any atom is 0.191 e. The number of furan rings is 1. The molecule has 0 saturated carbocycles. The van der Waals surface area contributed by atoms with Crippen LogP contribution in [-0.4, -0.2) is 31.3 Å². The Kier molecular flexibility index (Phi) is 4.85. The number of ether oxygens (including phenoxy) is 1. The van der Waals surface area contributed by atoms with E-state index in [1.165, 1.54) is 0 Å². The second kappa shape index (κ2) is 6.61. The Labute approximate surface area is 114 Å². The van der Waals surface area contributed by atoms with Crippen LogP contribution in [0.3, 0.4) is 0 Å². The van der Waals surface area contributed by atoms with Gasteiger partial charge in [-0.25, -0.2) is 4.99 Å². The molecule has 1 aromatic rings. The molecule has 19 heavy (non-hydrogen) atoms. The van der Waals surface area contributed by atoms with Crippen molar-refractivity contribution in [2.24, 2.45) is 4.99 Å². The Morgan fingerprint density at radius 2 is 2.37 bits per heavy atom. The summed E-state index contributed by atoms with van der Waals surface area (Å²) in [6, 6.07) is 3.80. The third kappa shape index (κ3) is 4.28. The minimum absolute atomic E-state index is 0.0686. The predicted octanol–water partition coefficient (Wildman–Crippen LogP) is 1.90. The molecule has 1 aliphatic rings. The van der Waals surface area contributed by atoms with Crippen LogP contribution in [0.4, 0.5) is 0 Å². The Bertz CT molecular complexity index is 395. The van der Waals surface area contributed by atoms with Gasteiger partial charge in [0.05, 0.1) is 11.9 Å². The van der Waals surface area contributed by atoms with E-state index in [4.69, 9.17) is 9.15 Å². The summed E-state index contributed by atoms with van der Waals surface area (Å²) in [5, 5.41) is 6.57. The first-order valence-electron chi connectivity index (χ1n) is 6.90. The Morgan fingerprint density at radius 1 is 1.47 bits per heavy atom. The SMILES string of the molecule is CCNC(=NCc1ccco1)NCC1(C)CCCO1. The van der Waals surface area contributed by atoms with Crippen LogP contribution >= 0.6 is 0 Å². The molecule has 0 amide bonds. The molecule has 0 aliphatic carbocycles. The summed E-state index contributed by atoms with van der Waals surface area (Å²) in [5.41, 5.74) is -0.0686. The van der Waals surface area contributed by atoms with E-state index in [1.54, 1.807) is 6.26 Å². The zero-order valence-corrected chi connectivity index (χ0v) is 11.7. The van der Waals surface area contributed by atoms with Crippen molar-refractivity contribution in [1.82, 2.24) is 10.6 Å². The van der Waals surface area contributed by atoms with Gasteiger partial charge < -0.3 is 19.8 Å². The Morgan fingerprint density at radius 3 is 3.00 bits per heavy atom. The van der Waals surface area contributed by atoms with Gasteiger partial charge in [0.25, 0.3) is 0 Å². The zero-order chi connectivity index (χ0) is 13.6. The highest BCUT2D eigenvalue weighted by atomic mass is 16.5. The van der Waals surface area contributed by atoms with Crippen molar-refractivity contribution in [1.29, 1.82) is 0 Å². The van der Waals surface area contributed by atoms with Gasteiger partial charge in [0.2, 0.25) is 0 Å². The first-order chi connectivity index (χ1) is 9.22. The van der Waals surface area contributed by atoms with Crippen LogP contribution in [0.25, 0.3) is 0 Å². The molecule has 1 aromatic heterocycles. The molecule has 0 spiro atoms. The van der Waals surface area contributed by atoms with Crippen molar-refractivity contribution in [2.45, 2.75) is 38.8 Å². The van der Waals surface area contributed by atoms with E-state index in [1.807, 2.05) is 12.1 Å². The lowest BCUT2D eigenvalue weighted by Crippen LogP contribution is -2.45. The second-order valence-electron chi connectivity index (χ2n) is 5.03. The van der Waals surface area contributed by atoms with Crippen LogP contribution in [0.15, 0.2) is 27.8 Å². The third-order valence-corrected chi connectivity index (χ3v) is 3.25. The first-order valence-corrected chi connectivity index (χ1v) is 6.90. The molecule has 1 saturated heterocycles. The van der Waals surface area contributed by atoms with Gasteiger partial charge >= 0.3 is 0 Å². The minimum atomic E-state index is -0.0686. The molecule has 5 nitrogen and oxygen atoms in total. The number of aliphatic imine (C=N–C) groups is 1. The van der Waals surface area contributed by atoms with Gasteiger partial charge in [-0.1, -0.05) is 0 Å². The molecular weight excluding hydrogens is 242 g/mol. The fraction of sp³-hybridized carbons (Fsp3) is 0.643. The van der Waals surface area contributed by atoms with Crippen molar-refractivity contribution in [2.75, 3.05) is 19.7 Å². The molecule has 0 bridgehead atoms. The maximum absolute atomic E-state index is 5.76. The van der Waals surface area contributed by atoms with E-state index in [0.29, 0.717) is 6.54 Å². The second-order valence-corrected chi connectivity index (χ2v) is 5.03. The number of nitrogens with zero attached hydrogens (tertiary/aromatic N) is 1.